The third-order valence-corrected chi connectivity index (χ3v) is 4.68. The maximum absolute atomic E-state index is 12.7. The fourth-order valence-electron chi connectivity index (χ4n) is 3.41. The van der Waals surface area contributed by atoms with Crippen molar-refractivity contribution in [1.82, 2.24) is 4.90 Å². The van der Waals surface area contributed by atoms with Crippen molar-refractivity contribution in [3.05, 3.63) is 59.7 Å². The summed E-state index contributed by atoms with van der Waals surface area (Å²) in [4.78, 5) is 14.7. The molecule has 1 aliphatic heterocycles. The number of hydrogen-bond acceptors (Lipinski definition) is 3. The third kappa shape index (κ3) is 3.70. The Labute approximate surface area is 143 Å². The Kier molecular flexibility index (Phi) is 5.04. The fraction of sp³-hybridized carbons (Fsp3) is 0.350. The molecule has 2 aromatic carbocycles. The summed E-state index contributed by atoms with van der Waals surface area (Å²) in [6.07, 6.45) is 3.39. The Hall–Kier alpha value is -2.49. The summed E-state index contributed by atoms with van der Waals surface area (Å²) >= 11 is 0. The van der Waals surface area contributed by atoms with Crippen LogP contribution in [-0.4, -0.2) is 30.5 Å². The van der Waals surface area contributed by atoms with Crippen molar-refractivity contribution in [3.8, 4) is 5.75 Å². The summed E-state index contributed by atoms with van der Waals surface area (Å²) in [6, 6.07) is 15.9. The van der Waals surface area contributed by atoms with Crippen molar-refractivity contribution in [3.63, 3.8) is 0 Å². The lowest BCUT2D eigenvalue weighted by molar-refractivity contribution is -0.131. The van der Waals surface area contributed by atoms with Gasteiger partial charge in [-0.05, 0) is 48.6 Å². The van der Waals surface area contributed by atoms with E-state index in [0.717, 1.165) is 48.4 Å². The maximum atomic E-state index is 12.7. The van der Waals surface area contributed by atoms with Crippen LogP contribution in [0.4, 0.5) is 5.69 Å². The molecule has 3 rings (SSSR count). The Balaban J connectivity index is 1.68. The van der Waals surface area contributed by atoms with Crippen LogP contribution in [0.1, 0.15) is 24.0 Å². The lowest BCUT2D eigenvalue weighted by atomic mass is 10.0. The average Bonchev–Trinajstić information content (AvgIpc) is 3.06. The molecular formula is C20H24N2O2. The predicted molar refractivity (Wildman–Crippen MR) is 96.0 cm³/mol. The lowest BCUT2D eigenvalue weighted by Crippen LogP contribution is -2.37. The van der Waals surface area contributed by atoms with E-state index in [-0.39, 0.29) is 11.9 Å². The van der Waals surface area contributed by atoms with Crippen LogP contribution in [0.5, 0.6) is 5.75 Å². The molecule has 0 aromatic heterocycles. The van der Waals surface area contributed by atoms with Crippen LogP contribution < -0.4 is 10.5 Å². The van der Waals surface area contributed by atoms with Crippen molar-refractivity contribution in [1.29, 1.82) is 0 Å². The number of carbonyl (C=O) groups excluding carboxylic acids is 1. The van der Waals surface area contributed by atoms with E-state index in [0.29, 0.717) is 6.42 Å². The highest BCUT2D eigenvalue weighted by Gasteiger charge is 2.29. The molecule has 4 nitrogen and oxygen atoms in total. The minimum Gasteiger partial charge on any atom is -0.496 e. The summed E-state index contributed by atoms with van der Waals surface area (Å²) in [5.74, 6) is 1.09. The zero-order valence-electron chi connectivity index (χ0n) is 14.1. The Bertz CT molecular complexity index is 697. The minimum atomic E-state index is 0.192. The normalized spacial score (nSPS) is 17.0. The van der Waals surface area contributed by atoms with Crippen LogP contribution >= 0.6 is 0 Å². The molecule has 1 atom stereocenters. The molecular weight excluding hydrogens is 300 g/mol. The van der Waals surface area contributed by atoms with Gasteiger partial charge in [0.15, 0.2) is 0 Å². The Morgan fingerprint density at radius 2 is 1.96 bits per heavy atom. The van der Waals surface area contributed by atoms with E-state index in [1.54, 1.807) is 7.11 Å². The van der Waals surface area contributed by atoms with Gasteiger partial charge in [-0.3, -0.25) is 4.79 Å². The number of likely N-dealkylation sites (tertiary alicyclic amines) is 1. The molecule has 1 saturated heterocycles. The van der Waals surface area contributed by atoms with Crippen molar-refractivity contribution in [2.75, 3.05) is 19.4 Å². The summed E-state index contributed by atoms with van der Waals surface area (Å²) in [6.45, 7) is 0.841. The van der Waals surface area contributed by atoms with E-state index in [4.69, 9.17) is 10.5 Å². The second kappa shape index (κ2) is 7.39. The van der Waals surface area contributed by atoms with Crippen molar-refractivity contribution >= 4 is 11.6 Å². The minimum absolute atomic E-state index is 0.192. The average molecular weight is 324 g/mol. The number of amides is 1. The van der Waals surface area contributed by atoms with Gasteiger partial charge in [-0.1, -0.05) is 30.3 Å². The van der Waals surface area contributed by atoms with Gasteiger partial charge >= 0.3 is 0 Å². The number of nitrogens with zero attached hydrogens (tertiary/aromatic N) is 1. The van der Waals surface area contributed by atoms with Crippen LogP contribution in [0.25, 0.3) is 0 Å². The molecule has 24 heavy (non-hydrogen) atoms. The molecule has 0 bridgehead atoms. The number of carbonyl (C=O) groups is 1. The molecule has 2 N–H and O–H groups in total. The highest BCUT2D eigenvalue weighted by Crippen LogP contribution is 2.26. The first-order chi connectivity index (χ1) is 11.7. The first kappa shape index (κ1) is 16.4. The zero-order valence-corrected chi connectivity index (χ0v) is 14.1. The topological polar surface area (TPSA) is 55.6 Å². The van der Waals surface area contributed by atoms with Gasteiger partial charge in [0.05, 0.1) is 13.5 Å². The summed E-state index contributed by atoms with van der Waals surface area (Å²) < 4.78 is 5.44. The first-order valence-electron chi connectivity index (χ1n) is 8.43. The Morgan fingerprint density at radius 1 is 1.21 bits per heavy atom. The molecule has 0 radical (unpaired) electrons. The van der Waals surface area contributed by atoms with E-state index in [1.807, 2.05) is 47.4 Å². The molecule has 1 fully saturated rings. The van der Waals surface area contributed by atoms with E-state index in [2.05, 4.69) is 6.07 Å². The number of rotatable bonds is 5. The number of methoxy groups -OCH3 is 1. The predicted octanol–water partition coefficient (Wildman–Crippen LogP) is 3.05. The standard InChI is InChI=1S/C20H24N2O2/c1-24-19-7-3-2-5-16(19)14-18-6-4-12-22(18)20(23)13-15-8-10-17(21)11-9-15/h2-3,5,7-11,18H,4,6,12-14,21H2,1H3/t18-/m1/s1. The van der Waals surface area contributed by atoms with E-state index >= 15 is 0 Å². The smallest absolute Gasteiger partial charge is 0.227 e. The molecule has 0 aliphatic carbocycles. The molecule has 1 amide bonds. The van der Waals surface area contributed by atoms with E-state index in [1.165, 1.54) is 0 Å². The van der Waals surface area contributed by atoms with Gasteiger partial charge in [0.25, 0.3) is 0 Å². The number of nitrogen functional groups attached to an aromatic ring is 1. The van der Waals surface area contributed by atoms with Gasteiger partial charge in [-0.2, -0.15) is 0 Å². The molecule has 4 heteroatoms. The van der Waals surface area contributed by atoms with Gasteiger partial charge in [0.2, 0.25) is 5.91 Å². The first-order valence-corrected chi connectivity index (χ1v) is 8.43. The van der Waals surface area contributed by atoms with Gasteiger partial charge in [-0.25, -0.2) is 0 Å². The van der Waals surface area contributed by atoms with Gasteiger partial charge < -0.3 is 15.4 Å². The van der Waals surface area contributed by atoms with Crippen molar-refractivity contribution < 1.29 is 9.53 Å². The van der Waals surface area contributed by atoms with E-state index < -0.39 is 0 Å². The number of benzene rings is 2. The van der Waals surface area contributed by atoms with E-state index in [9.17, 15) is 4.79 Å². The van der Waals surface area contributed by atoms with Crippen LogP contribution in [-0.2, 0) is 17.6 Å². The quantitative estimate of drug-likeness (QED) is 0.860. The number of para-hydroxylation sites is 1. The van der Waals surface area contributed by atoms with Crippen LogP contribution in [0.15, 0.2) is 48.5 Å². The van der Waals surface area contributed by atoms with Crippen LogP contribution in [0.3, 0.4) is 0 Å². The fourth-order valence-corrected chi connectivity index (χ4v) is 3.41. The lowest BCUT2D eigenvalue weighted by Gasteiger charge is -2.25. The second-order valence-electron chi connectivity index (χ2n) is 6.32. The van der Waals surface area contributed by atoms with Crippen molar-refractivity contribution in [2.45, 2.75) is 31.7 Å². The highest BCUT2D eigenvalue weighted by atomic mass is 16.5. The SMILES string of the molecule is COc1ccccc1C[C@H]1CCCN1C(=O)Cc1ccc(N)cc1. The molecule has 2 aromatic rings. The molecule has 1 heterocycles. The highest BCUT2D eigenvalue weighted by molar-refractivity contribution is 5.79. The number of anilines is 1. The van der Waals surface area contributed by atoms with Gasteiger partial charge in [-0.15, -0.1) is 0 Å². The monoisotopic (exact) mass is 324 g/mol. The van der Waals surface area contributed by atoms with Gasteiger partial charge in [0.1, 0.15) is 5.75 Å². The summed E-state index contributed by atoms with van der Waals surface area (Å²) in [7, 11) is 1.69. The molecule has 0 spiro atoms. The molecule has 126 valence electrons. The maximum Gasteiger partial charge on any atom is 0.227 e. The number of hydrogen-bond donors (Lipinski definition) is 1. The summed E-state index contributed by atoms with van der Waals surface area (Å²) in [5.41, 5.74) is 8.61. The number of ether oxygens (including phenoxy) is 1. The third-order valence-electron chi connectivity index (χ3n) is 4.68. The zero-order chi connectivity index (χ0) is 16.9. The van der Waals surface area contributed by atoms with Gasteiger partial charge in [0, 0.05) is 18.3 Å². The van der Waals surface area contributed by atoms with Crippen molar-refractivity contribution in [2.24, 2.45) is 0 Å². The molecule has 0 unspecified atom stereocenters. The Morgan fingerprint density at radius 3 is 2.71 bits per heavy atom. The van der Waals surface area contributed by atoms with Crippen LogP contribution in [0.2, 0.25) is 0 Å². The second-order valence-corrected chi connectivity index (χ2v) is 6.32. The molecule has 1 aliphatic rings. The summed E-state index contributed by atoms with van der Waals surface area (Å²) in [5, 5.41) is 0. The molecule has 0 saturated carbocycles. The largest absolute Gasteiger partial charge is 0.496 e. The van der Waals surface area contributed by atoms with Crippen LogP contribution in [0, 0.1) is 0 Å². The number of nitrogens with two attached hydrogens (primary N) is 1.